The maximum absolute atomic E-state index is 9.71. The molecule has 1 unspecified atom stereocenters. The van der Waals surface area contributed by atoms with E-state index in [0.29, 0.717) is 33.0 Å². The van der Waals surface area contributed by atoms with Crippen LogP contribution >= 0.6 is 0 Å². The molecule has 0 heterocycles. The van der Waals surface area contributed by atoms with Crippen molar-refractivity contribution in [3.05, 3.63) is 35.4 Å². The van der Waals surface area contributed by atoms with Crippen LogP contribution in [0.2, 0.25) is 0 Å². The first kappa shape index (κ1) is 16.1. The van der Waals surface area contributed by atoms with Gasteiger partial charge in [-0.15, -0.1) is 0 Å². The Morgan fingerprint density at radius 3 is 2.79 bits per heavy atom. The van der Waals surface area contributed by atoms with Crippen molar-refractivity contribution in [2.75, 3.05) is 33.0 Å². The minimum Gasteiger partial charge on any atom is -0.389 e. The monoisotopic (exact) mass is 267 g/mol. The molecule has 4 heteroatoms. The molecule has 0 aliphatic rings. The third-order valence-corrected chi connectivity index (χ3v) is 2.68. The number of aliphatic hydroxyl groups is 1. The number of hydrogen-bond acceptors (Lipinski definition) is 4. The van der Waals surface area contributed by atoms with Crippen molar-refractivity contribution in [3.8, 4) is 0 Å². The Bertz CT molecular complexity index is 344. The highest BCUT2D eigenvalue weighted by atomic mass is 16.5. The summed E-state index contributed by atoms with van der Waals surface area (Å²) >= 11 is 0. The second-order valence-corrected chi connectivity index (χ2v) is 4.55. The molecule has 0 saturated carbocycles. The third-order valence-electron chi connectivity index (χ3n) is 2.68. The Labute approximate surface area is 115 Å². The summed E-state index contributed by atoms with van der Waals surface area (Å²) in [4.78, 5) is 0. The van der Waals surface area contributed by atoms with Crippen LogP contribution in [-0.2, 0) is 16.0 Å². The number of aliphatic hydroxyl groups excluding tert-OH is 1. The SMILES string of the molecule is CCOCCOCC(O)CNCc1cccc(C)c1. The van der Waals surface area contributed by atoms with E-state index in [4.69, 9.17) is 9.47 Å². The Kier molecular flexibility index (Phi) is 8.41. The quantitative estimate of drug-likeness (QED) is 0.631. The van der Waals surface area contributed by atoms with E-state index in [1.807, 2.05) is 13.0 Å². The smallest absolute Gasteiger partial charge is 0.0897 e. The first-order valence-corrected chi connectivity index (χ1v) is 6.82. The van der Waals surface area contributed by atoms with Gasteiger partial charge >= 0.3 is 0 Å². The fourth-order valence-corrected chi connectivity index (χ4v) is 1.75. The molecule has 0 saturated heterocycles. The van der Waals surface area contributed by atoms with Crippen LogP contribution in [0.15, 0.2) is 24.3 Å². The summed E-state index contributed by atoms with van der Waals surface area (Å²) < 4.78 is 10.4. The molecule has 0 amide bonds. The number of nitrogens with one attached hydrogen (secondary N) is 1. The summed E-state index contributed by atoms with van der Waals surface area (Å²) in [5.41, 5.74) is 2.48. The largest absolute Gasteiger partial charge is 0.389 e. The first-order valence-electron chi connectivity index (χ1n) is 6.82. The van der Waals surface area contributed by atoms with Gasteiger partial charge in [-0.1, -0.05) is 29.8 Å². The molecule has 0 fully saturated rings. The van der Waals surface area contributed by atoms with E-state index in [9.17, 15) is 5.11 Å². The minimum absolute atomic E-state index is 0.341. The summed E-state index contributed by atoms with van der Waals surface area (Å²) in [6.45, 7) is 7.47. The van der Waals surface area contributed by atoms with E-state index in [-0.39, 0.29) is 0 Å². The predicted octanol–water partition coefficient (Wildman–Crippen LogP) is 1.50. The van der Waals surface area contributed by atoms with Crippen molar-refractivity contribution in [1.29, 1.82) is 0 Å². The van der Waals surface area contributed by atoms with E-state index in [1.165, 1.54) is 11.1 Å². The molecule has 0 aliphatic carbocycles. The highest BCUT2D eigenvalue weighted by molar-refractivity contribution is 5.21. The number of benzene rings is 1. The predicted molar refractivity (Wildman–Crippen MR) is 76.2 cm³/mol. The van der Waals surface area contributed by atoms with E-state index in [2.05, 4.69) is 30.4 Å². The van der Waals surface area contributed by atoms with Crippen molar-refractivity contribution in [2.45, 2.75) is 26.5 Å². The van der Waals surface area contributed by atoms with Gasteiger partial charge in [-0.3, -0.25) is 0 Å². The zero-order chi connectivity index (χ0) is 13.9. The van der Waals surface area contributed by atoms with Crippen LogP contribution in [0.5, 0.6) is 0 Å². The highest BCUT2D eigenvalue weighted by Crippen LogP contribution is 2.03. The van der Waals surface area contributed by atoms with Crippen molar-refractivity contribution < 1.29 is 14.6 Å². The Hall–Kier alpha value is -0.940. The van der Waals surface area contributed by atoms with Crippen molar-refractivity contribution >= 4 is 0 Å². The van der Waals surface area contributed by atoms with Gasteiger partial charge in [-0.25, -0.2) is 0 Å². The Morgan fingerprint density at radius 1 is 1.26 bits per heavy atom. The molecule has 4 nitrogen and oxygen atoms in total. The lowest BCUT2D eigenvalue weighted by Gasteiger charge is -2.12. The molecule has 108 valence electrons. The summed E-state index contributed by atoms with van der Waals surface area (Å²) in [5, 5.41) is 12.9. The molecule has 0 aromatic heterocycles. The van der Waals surface area contributed by atoms with Crippen LogP contribution < -0.4 is 5.32 Å². The number of hydrogen-bond donors (Lipinski definition) is 2. The first-order chi connectivity index (χ1) is 9.22. The highest BCUT2D eigenvalue weighted by Gasteiger charge is 2.03. The topological polar surface area (TPSA) is 50.7 Å². The van der Waals surface area contributed by atoms with Gasteiger partial charge in [0, 0.05) is 19.7 Å². The fraction of sp³-hybridized carbons (Fsp3) is 0.600. The van der Waals surface area contributed by atoms with Crippen LogP contribution in [-0.4, -0.2) is 44.2 Å². The summed E-state index contributed by atoms with van der Waals surface area (Å²) in [6.07, 6.45) is -0.480. The van der Waals surface area contributed by atoms with Crippen molar-refractivity contribution in [3.63, 3.8) is 0 Å². The normalized spacial score (nSPS) is 12.6. The van der Waals surface area contributed by atoms with Crippen molar-refractivity contribution in [1.82, 2.24) is 5.32 Å². The Balaban J connectivity index is 2.05. The van der Waals surface area contributed by atoms with Crippen molar-refractivity contribution in [2.24, 2.45) is 0 Å². The van der Waals surface area contributed by atoms with Gasteiger partial charge in [0.05, 0.1) is 25.9 Å². The van der Waals surface area contributed by atoms with Gasteiger partial charge < -0.3 is 19.9 Å². The zero-order valence-electron chi connectivity index (χ0n) is 11.9. The van der Waals surface area contributed by atoms with Gasteiger partial charge in [0.25, 0.3) is 0 Å². The van der Waals surface area contributed by atoms with Crippen LogP contribution in [0.1, 0.15) is 18.1 Å². The van der Waals surface area contributed by atoms with Crippen LogP contribution in [0.3, 0.4) is 0 Å². The number of rotatable bonds is 10. The van der Waals surface area contributed by atoms with Gasteiger partial charge in [0.1, 0.15) is 0 Å². The minimum atomic E-state index is -0.480. The second-order valence-electron chi connectivity index (χ2n) is 4.55. The van der Waals surface area contributed by atoms with E-state index >= 15 is 0 Å². The molecule has 1 rings (SSSR count). The molecule has 0 aliphatic heterocycles. The van der Waals surface area contributed by atoms with Gasteiger partial charge in [0.2, 0.25) is 0 Å². The third kappa shape index (κ3) is 7.95. The molecule has 1 atom stereocenters. The second kappa shape index (κ2) is 9.92. The molecular weight excluding hydrogens is 242 g/mol. The average molecular weight is 267 g/mol. The molecule has 0 spiro atoms. The molecule has 0 bridgehead atoms. The lowest BCUT2D eigenvalue weighted by Crippen LogP contribution is -2.30. The van der Waals surface area contributed by atoms with Gasteiger partial charge in [-0.2, -0.15) is 0 Å². The van der Waals surface area contributed by atoms with Gasteiger partial charge in [0.15, 0.2) is 0 Å². The molecule has 1 aromatic rings. The summed E-state index contributed by atoms with van der Waals surface area (Å²) in [6, 6.07) is 8.33. The van der Waals surface area contributed by atoms with E-state index < -0.39 is 6.10 Å². The molecule has 1 aromatic carbocycles. The number of aryl methyl sites for hydroxylation is 1. The van der Waals surface area contributed by atoms with E-state index in [1.54, 1.807) is 0 Å². The Morgan fingerprint density at radius 2 is 2.05 bits per heavy atom. The molecule has 19 heavy (non-hydrogen) atoms. The summed E-state index contributed by atoms with van der Waals surface area (Å²) in [7, 11) is 0. The average Bonchev–Trinajstić information content (AvgIpc) is 2.38. The molecule has 0 radical (unpaired) electrons. The molecular formula is C15H25NO3. The standard InChI is InChI=1S/C15H25NO3/c1-3-18-7-8-19-12-15(17)11-16-10-14-6-4-5-13(2)9-14/h4-6,9,15-17H,3,7-8,10-12H2,1-2H3. The lowest BCUT2D eigenvalue weighted by atomic mass is 10.1. The maximum atomic E-state index is 9.71. The van der Waals surface area contributed by atoms with Crippen LogP contribution in [0.4, 0.5) is 0 Å². The fourth-order valence-electron chi connectivity index (χ4n) is 1.75. The maximum Gasteiger partial charge on any atom is 0.0897 e. The van der Waals surface area contributed by atoms with E-state index in [0.717, 1.165) is 6.54 Å². The number of ether oxygens (including phenoxy) is 2. The summed E-state index contributed by atoms with van der Waals surface area (Å²) in [5.74, 6) is 0. The molecule has 2 N–H and O–H groups in total. The van der Waals surface area contributed by atoms with Crippen LogP contribution in [0, 0.1) is 6.92 Å². The van der Waals surface area contributed by atoms with Gasteiger partial charge in [-0.05, 0) is 19.4 Å². The zero-order valence-corrected chi connectivity index (χ0v) is 11.9. The van der Waals surface area contributed by atoms with Crippen LogP contribution in [0.25, 0.3) is 0 Å². The lowest BCUT2D eigenvalue weighted by molar-refractivity contribution is 0.00643.